The quantitative estimate of drug-likeness (QED) is 0.595. The van der Waals surface area contributed by atoms with Gasteiger partial charge in [0.2, 0.25) is 0 Å². The number of hydrogen-bond donors (Lipinski definition) is 2. The highest BCUT2D eigenvalue weighted by molar-refractivity contribution is 5.76. The summed E-state index contributed by atoms with van der Waals surface area (Å²) in [7, 11) is 0. The van der Waals surface area contributed by atoms with E-state index in [9.17, 15) is 4.79 Å². The SMILES string of the molecule is O=c1[nH]c(-c2ccccc2)nc2nc(-c3ccccc3)[nH]c12. The molecule has 22 heavy (non-hydrogen) atoms. The molecule has 4 rings (SSSR count). The zero-order chi connectivity index (χ0) is 14.9. The highest BCUT2D eigenvalue weighted by Crippen LogP contribution is 2.19. The van der Waals surface area contributed by atoms with Crippen molar-refractivity contribution in [2.24, 2.45) is 0 Å². The lowest BCUT2D eigenvalue weighted by molar-refractivity contribution is 1.16. The molecule has 2 aromatic carbocycles. The Morgan fingerprint density at radius 3 is 1.73 bits per heavy atom. The third-order valence-corrected chi connectivity index (χ3v) is 3.46. The maximum absolute atomic E-state index is 12.3. The normalized spacial score (nSPS) is 10.9. The molecule has 106 valence electrons. The molecule has 0 amide bonds. The maximum atomic E-state index is 12.3. The lowest BCUT2D eigenvalue weighted by atomic mass is 10.2. The number of hydrogen-bond acceptors (Lipinski definition) is 3. The molecule has 0 aliphatic heterocycles. The van der Waals surface area contributed by atoms with Gasteiger partial charge in [-0.05, 0) is 0 Å². The number of imidazole rings is 1. The summed E-state index contributed by atoms with van der Waals surface area (Å²) >= 11 is 0. The molecule has 0 aliphatic rings. The summed E-state index contributed by atoms with van der Waals surface area (Å²) in [6.45, 7) is 0. The van der Waals surface area contributed by atoms with Gasteiger partial charge in [0.1, 0.15) is 11.6 Å². The van der Waals surface area contributed by atoms with Crippen LogP contribution in [0.3, 0.4) is 0 Å². The van der Waals surface area contributed by atoms with E-state index in [1.807, 2.05) is 60.7 Å². The van der Waals surface area contributed by atoms with Crippen LogP contribution in [-0.4, -0.2) is 19.9 Å². The van der Waals surface area contributed by atoms with Gasteiger partial charge < -0.3 is 9.97 Å². The summed E-state index contributed by atoms with van der Waals surface area (Å²) in [5.41, 5.74) is 2.35. The van der Waals surface area contributed by atoms with Crippen LogP contribution >= 0.6 is 0 Å². The van der Waals surface area contributed by atoms with Crippen LogP contribution < -0.4 is 5.56 Å². The second-order valence-electron chi connectivity index (χ2n) is 4.93. The molecule has 2 N–H and O–H groups in total. The molecule has 0 spiro atoms. The number of aromatic amines is 2. The molecule has 0 unspecified atom stereocenters. The summed E-state index contributed by atoms with van der Waals surface area (Å²) in [4.78, 5) is 27.0. The van der Waals surface area contributed by atoms with E-state index in [1.165, 1.54) is 0 Å². The van der Waals surface area contributed by atoms with Crippen LogP contribution in [0.1, 0.15) is 0 Å². The fourth-order valence-electron chi connectivity index (χ4n) is 2.37. The summed E-state index contributed by atoms with van der Waals surface area (Å²) in [6, 6.07) is 19.2. The van der Waals surface area contributed by atoms with Crippen LogP contribution in [0.5, 0.6) is 0 Å². The number of benzene rings is 2. The zero-order valence-corrected chi connectivity index (χ0v) is 11.6. The first-order valence-corrected chi connectivity index (χ1v) is 6.92. The molecular weight excluding hydrogens is 276 g/mol. The average molecular weight is 288 g/mol. The molecule has 0 radical (unpaired) electrons. The summed E-state index contributed by atoms with van der Waals surface area (Å²) < 4.78 is 0. The molecule has 0 bridgehead atoms. The van der Waals surface area contributed by atoms with Gasteiger partial charge in [0, 0.05) is 11.1 Å². The third kappa shape index (κ3) is 2.09. The van der Waals surface area contributed by atoms with Crippen LogP contribution in [0, 0.1) is 0 Å². The van der Waals surface area contributed by atoms with E-state index in [-0.39, 0.29) is 5.56 Å². The topological polar surface area (TPSA) is 74.4 Å². The van der Waals surface area contributed by atoms with Crippen molar-refractivity contribution >= 4 is 11.2 Å². The number of H-pyrrole nitrogens is 2. The third-order valence-electron chi connectivity index (χ3n) is 3.46. The Morgan fingerprint density at radius 2 is 1.18 bits per heavy atom. The van der Waals surface area contributed by atoms with Crippen molar-refractivity contribution in [3.05, 3.63) is 71.0 Å². The molecule has 5 heteroatoms. The molecule has 0 aliphatic carbocycles. The number of nitrogens with zero attached hydrogens (tertiary/aromatic N) is 2. The molecule has 2 heterocycles. The van der Waals surface area contributed by atoms with E-state index in [1.54, 1.807) is 0 Å². The van der Waals surface area contributed by atoms with Gasteiger partial charge >= 0.3 is 0 Å². The van der Waals surface area contributed by atoms with E-state index in [4.69, 9.17) is 0 Å². The van der Waals surface area contributed by atoms with Crippen molar-refractivity contribution in [1.29, 1.82) is 0 Å². The molecule has 0 saturated heterocycles. The van der Waals surface area contributed by atoms with E-state index < -0.39 is 0 Å². The number of rotatable bonds is 2. The number of nitrogens with one attached hydrogen (secondary N) is 2. The predicted octanol–water partition coefficient (Wildman–Crippen LogP) is 2.98. The minimum absolute atomic E-state index is 0.224. The van der Waals surface area contributed by atoms with E-state index in [0.717, 1.165) is 11.1 Å². The van der Waals surface area contributed by atoms with Crippen LogP contribution in [0.2, 0.25) is 0 Å². The Kier molecular flexibility index (Phi) is 2.83. The van der Waals surface area contributed by atoms with E-state index >= 15 is 0 Å². The minimum atomic E-state index is -0.224. The number of fused-ring (bicyclic) bond motifs is 1. The Labute approximate surface area is 125 Å². The summed E-state index contributed by atoms with van der Waals surface area (Å²) in [5.74, 6) is 1.16. The monoisotopic (exact) mass is 288 g/mol. The molecule has 0 saturated carbocycles. The van der Waals surface area contributed by atoms with Gasteiger partial charge in [0.15, 0.2) is 11.2 Å². The Hall–Kier alpha value is -3.21. The average Bonchev–Trinajstić information content (AvgIpc) is 3.01. The highest BCUT2D eigenvalue weighted by atomic mass is 16.1. The van der Waals surface area contributed by atoms with Crippen LogP contribution in [0.15, 0.2) is 65.5 Å². The van der Waals surface area contributed by atoms with Gasteiger partial charge in [-0.25, -0.2) is 9.97 Å². The Balaban J connectivity index is 1.91. The molecule has 5 nitrogen and oxygen atoms in total. The standard InChI is InChI=1S/C17H12N4O/c22-17-13-16(19-14(18-13)11-7-3-1-4-8-11)20-15(21-17)12-9-5-2-6-10-12/h1-10H,(H2,18,19,20,21,22). The van der Waals surface area contributed by atoms with Gasteiger partial charge in [-0.3, -0.25) is 4.79 Å². The summed E-state index contributed by atoms with van der Waals surface area (Å²) in [6.07, 6.45) is 0. The first-order valence-electron chi connectivity index (χ1n) is 6.92. The van der Waals surface area contributed by atoms with Crippen molar-refractivity contribution in [2.75, 3.05) is 0 Å². The maximum Gasteiger partial charge on any atom is 0.277 e. The van der Waals surface area contributed by atoms with Crippen LogP contribution in [0.4, 0.5) is 0 Å². The first kappa shape index (κ1) is 12.5. The predicted molar refractivity (Wildman–Crippen MR) is 85.4 cm³/mol. The lowest BCUT2D eigenvalue weighted by Gasteiger charge is -1.99. The van der Waals surface area contributed by atoms with Crippen molar-refractivity contribution < 1.29 is 0 Å². The van der Waals surface area contributed by atoms with Gasteiger partial charge in [-0.2, -0.15) is 0 Å². The van der Waals surface area contributed by atoms with Crippen LogP contribution in [0.25, 0.3) is 33.9 Å². The lowest BCUT2D eigenvalue weighted by Crippen LogP contribution is -2.09. The molecule has 4 aromatic rings. The Bertz CT molecular complexity index is 988. The van der Waals surface area contributed by atoms with Gasteiger partial charge in [-0.1, -0.05) is 60.7 Å². The van der Waals surface area contributed by atoms with E-state index in [2.05, 4.69) is 19.9 Å². The van der Waals surface area contributed by atoms with Gasteiger partial charge in [-0.15, -0.1) is 0 Å². The van der Waals surface area contributed by atoms with Crippen molar-refractivity contribution in [3.63, 3.8) is 0 Å². The zero-order valence-electron chi connectivity index (χ0n) is 11.6. The molecule has 0 fully saturated rings. The largest absolute Gasteiger partial charge is 0.332 e. The first-order chi connectivity index (χ1) is 10.8. The second-order valence-corrected chi connectivity index (χ2v) is 4.93. The van der Waals surface area contributed by atoms with Crippen molar-refractivity contribution in [1.82, 2.24) is 19.9 Å². The van der Waals surface area contributed by atoms with Crippen LogP contribution in [-0.2, 0) is 0 Å². The van der Waals surface area contributed by atoms with Gasteiger partial charge in [0.25, 0.3) is 5.56 Å². The molecule has 0 atom stereocenters. The Morgan fingerprint density at radius 1 is 0.682 bits per heavy atom. The second kappa shape index (κ2) is 4.96. The fourth-order valence-corrected chi connectivity index (χ4v) is 2.37. The highest BCUT2D eigenvalue weighted by Gasteiger charge is 2.11. The molecular formula is C17H12N4O. The van der Waals surface area contributed by atoms with Gasteiger partial charge in [0.05, 0.1) is 0 Å². The van der Waals surface area contributed by atoms with Crippen molar-refractivity contribution in [2.45, 2.75) is 0 Å². The minimum Gasteiger partial charge on any atom is -0.332 e. The fraction of sp³-hybridized carbons (Fsp3) is 0. The number of aromatic nitrogens is 4. The van der Waals surface area contributed by atoms with Crippen molar-refractivity contribution in [3.8, 4) is 22.8 Å². The van der Waals surface area contributed by atoms with E-state index in [0.29, 0.717) is 22.8 Å². The smallest absolute Gasteiger partial charge is 0.277 e. The summed E-state index contributed by atoms with van der Waals surface area (Å²) in [5, 5.41) is 0. The molecule has 2 aromatic heterocycles.